The van der Waals surface area contributed by atoms with E-state index in [0.717, 1.165) is 22.9 Å². The van der Waals surface area contributed by atoms with Gasteiger partial charge < -0.3 is 15.8 Å². The van der Waals surface area contributed by atoms with Crippen LogP contribution >= 0.6 is 0 Å². The molecule has 1 amide bonds. The third-order valence-corrected chi connectivity index (χ3v) is 4.72. The number of carbonyl (C=O) groups is 1. The highest BCUT2D eigenvalue weighted by molar-refractivity contribution is 5.83. The monoisotopic (exact) mass is 313 g/mol. The highest BCUT2D eigenvalue weighted by Crippen LogP contribution is 2.29. The fourth-order valence-electron chi connectivity index (χ4n) is 3.15. The number of rotatable bonds is 5. The second-order valence-electron chi connectivity index (χ2n) is 6.09. The van der Waals surface area contributed by atoms with E-state index in [-0.39, 0.29) is 5.91 Å². The number of fused-ring (bicyclic) bond motifs is 1. The van der Waals surface area contributed by atoms with Crippen LogP contribution in [0.4, 0.5) is 0 Å². The minimum absolute atomic E-state index is 0.0523. The Morgan fingerprint density at radius 3 is 2.83 bits per heavy atom. The standard InChI is InChI=1S/C18H23N3O2/c19-13-18(7-11-23-12-8-18)17(22)21-10-6-15-4-1-3-14-5-2-9-20-16(14)15/h1-5,9H,6-8,10-13,19H2,(H,21,22). The SMILES string of the molecule is NCC1(C(=O)NCCc2cccc3cccnc23)CCOCC1. The molecule has 3 rings (SSSR count). The fraction of sp³-hybridized carbons (Fsp3) is 0.444. The Morgan fingerprint density at radius 1 is 1.26 bits per heavy atom. The summed E-state index contributed by atoms with van der Waals surface area (Å²) in [6, 6.07) is 10.1. The number of nitrogens with zero attached hydrogens (tertiary/aromatic N) is 1. The number of carbonyl (C=O) groups excluding carboxylic acids is 1. The first-order chi connectivity index (χ1) is 11.2. The van der Waals surface area contributed by atoms with Crippen molar-refractivity contribution >= 4 is 16.8 Å². The average molecular weight is 313 g/mol. The fourth-order valence-corrected chi connectivity index (χ4v) is 3.15. The normalized spacial score (nSPS) is 17.1. The summed E-state index contributed by atoms with van der Waals surface area (Å²) in [6.07, 6.45) is 3.96. The van der Waals surface area contributed by atoms with E-state index >= 15 is 0 Å². The van der Waals surface area contributed by atoms with Crippen LogP contribution in [0.15, 0.2) is 36.5 Å². The average Bonchev–Trinajstić information content (AvgIpc) is 2.62. The van der Waals surface area contributed by atoms with Gasteiger partial charge in [0.1, 0.15) is 0 Å². The van der Waals surface area contributed by atoms with Crippen LogP contribution in [0.1, 0.15) is 18.4 Å². The van der Waals surface area contributed by atoms with E-state index in [1.54, 1.807) is 6.20 Å². The largest absolute Gasteiger partial charge is 0.381 e. The van der Waals surface area contributed by atoms with Gasteiger partial charge in [-0.1, -0.05) is 24.3 Å². The predicted molar refractivity (Wildman–Crippen MR) is 90.0 cm³/mol. The van der Waals surface area contributed by atoms with Crippen LogP contribution in [-0.4, -0.2) is 37.2 Å². The summed E-state index contributed by atoms with van der Waals surface area (Å²) in [7, 11) is 0. The number of nitrogens with two attached hydrogens (primary N) is 1. The highest BCUT2D eigenvalue weighted by atomic mass is 16.5. The molecule has 1 aromatic carbocycles. The molecular weight excluding hydrogens is 290 g/mol. The lowest BCUT2D eigenvalue weighted by atomic mass is 9.79. The first-order valence-electron chi connectivity index (χ1n) is 8.14. The smallest absolute Gasteiger partial charge is 0.227 e. The first kappa shape index (κ1) is 15.9. The molecule has 1 aliphatic heterocycles. The summed E-state index contributed by atoms with van der Waals surface area (Å²) in [6.45, 7) is 2.19. The summed E-state index contributed by atoms with van der Waals surface area (Å²) in [5, 5.41) is 4.18. The van der Waals surface area contributed by atoms with Crippen LogP contribution in [0.25, 0.3) is 10.9 Å². The van der Waals surface area contributed by atoms with Gasteiger partial charge in [-0.25, -0.2) is 0 Å². The molecule has 1 aromatic heterocycles. The molecule has 2 heterocycles. The lowest BCUT2D eigenvalue weighted by Crippen LogP contribution is -2.49. The maximum atomic E-state index is 12.5. The van der Waals surface area contributed by atoms with Crippen molar-refractivity contribution < 1.29 is 9.53 Å². The van der Waals surface area contributed by atoms with Crippen LogP contribution in [0.3, 0.4) is 0 Å². The van der Waals surface area contributed by atoms with E-state index < -0.39 is 5.41 Å². The minimum Gasteiger partial charge on any atom is -0.381 e. The third-order valence-electron chi connectivity index (χ3n) is 4.72. The van der Waals surface area contributed by atoms with E-state index in [1.165, 1.54) is 0 Å². The Labute approximate surface area is 136 Å². The van der Waals surface area contributed by atoms with Gasteiger partial charge in [-0.3, -0.25) is 9.78 Å². The van der Waals surface area contributed by atoms with Gasteiger partial charge in [0.25, 0.3) is 0 Å². The van der Waals surface area contributed by atoms with Gasteiger partial charge in [-0.05, 0) is 30.9 Å². The molecule has 0 saturated carbocycles. The molecule has 0 atom stereocenters. The van der Waals surface area contributed by atoms with Gasteiger partial charge in [0.05, 0.1) is 10.9 Å². The Balaban J connectivity index is 1.63. The molecule has 2 aromatic rings. The molecule has 3 N–H and O–H groups in total. The molecule has 0 unspecified atom stereocenters. The maximum Gasteiger partial charge on any atom is 0.227 e. The number of pyridine rings is 1. The van der Waals surface area contributed by atoms with Gasteiger partial charge in [0, 0.05) is 37.9 Å². The van der Waals surface area contributed by atoms with Crippen molar-refractivity contribution in [3.05, 3.63) is 42.1 Å². The van der Waals surface area contributed by atoms with Crippen LogP contribution in [0.2, 0.25) is 0 Å². The number of nitrogens with one attached hydrogen (secondary N) is 1. The van der Waals surface area contributed by atoms with Crippen LogP contribution < -0.4 is 11.1 Å². The molecule has 1 fully saturated rings. The van der Waals surface area contributed by atoms with E-state index in [4.69, 9.17) is 10.5 Å². The van der Waals surface area contributed by atoms with Crippen LogP contribution in [-0.2, 0) is 16.0 Å². The topological polar surface area (TPSA) is 77.2 Å². The summed E-state index contributed by atoms with van der Waals surface area (Å²) in [4.78, 5) is 17.0. The highest BCUT2D eigenvalue weighted by Gasteiger charge is 2.38. The van der Waals surface area contributed by atoms with Crippen LogP contribution in [0.5, 0.6) is 0 Å². The second-order valence-corrected chi connectivity index (χ2v) is 6.09. The van der Waals surface area contributed by atoms with E-state index in [2.05, 4.69) is 28.5 Å². The molecular formula is C18H23N3O2. The quantitative estimate of drug-likeness (QED) is 0.880. The zero-order chi connectivity index (χ0) is 16.1. The van der Waals surface area contributed by atoms with Crippen molar-refractivity contribution in [2.45, 2.75) is 19.3 Å². The predicted octanol–water partition coefficient (Wildman–Crippen LogP) is 1.65. The summed E-state index contributed by atoms with van der Waals surface area (Å²) in [5.74, 6) is 0.0523. The molecule has 0 aliphatic carbocycles. The Kier molecular flexibility index (Phi) is 4.88. The zero-order valence-corrected chi connectivity index (χ0v) is 13.3. The number of amides is 1. The number of benzene rings is 1. The lowest BCUT2D eigenvalue weighted by molar-refractivity contribution is -0.135. The third kappa shape index (κ3) is 3.35. The number of aromatic nitrogens is 1. The van der Waals surface area contributed by atoms with Crippen molar-refractivity contribution in [1.82, 2.24) is 10.3 Å². The molecule has 1 saturated heterocycles. The molecule has 122 valence electrons. The van der Waals surface area contributed by atoms with Gasteiger partial charge in [-0.15, -0.1) is 0 Å². The first-order valence-corrected chi connectivity index (χ1v) is 8.14. The van der Waals surface area contributed by atoms with Crippen molar-refractivity contribution in [1.29, 1.82) is 0 Å². The number of hydrogen-bond acceptors (Lipinski definition) is 4. The summed E-state index contributed by atoms with van der Waals surface area (Å²) < 4.78 is 5.35. The number of para-hydroxylation sites is 1. The van der Waals surface area contributed by atoms with Gasteiger partial charge in [0.15, 0.2) is 0 Å². The minimum atomic E-state index is -0.463. The van der Waals surface area contributed by atoms with E-state index in [1.807, 2.05) is 12.1 Å². The van der Waals surface area contributed by atoms with E-state index in [0.29, 0.717) is 39.1 Å². The molecule has 0 radical (unpaired) electrons. The van der Waals surface area contributed by atoms with Crippen molar-refractivity contribution in [3.63, 3.8) is 0 Å². The molecule has 0 spiro atoms. The maximum absolute atomic E-state index is 12.5. The summed E-state index contributed by atoms with van der Waals surface area (Å²) in [5.41, 5.74) is 7.56. The van der Waals surface area contributed by atoms with Crippen LogP contribution in [0, 0.1) is 5.41 Å². The molecule has 1 aliphatic rings. The van der Waals surface area contributed by atoms with Crippen molar-refractivity contribution in [2.24, 2.45) is 11.1 Å². The number of ether oxygens (including phenoxy) is 1. The Morgan fingerprint density at radius 2 is 2.04 bits per heavy atom. The van der Waals surface area contributed by atoms with Gasteiger partial charge >= 0.3 is 0 Å². The zero-order valence-electron chi connectivity index (χ0n) is 13.3. The number of hydrogen-bond donors (Lipinski definition) is 2. The molecule has 5 heteroatoms. The van der Waals surface area contributed by atoms with Gasteiger partial charge in [-0.2, -0.15) is 0 Å². The molecule has 5 nitrogen and oxygen atoms in total. The lowest BCUT2D eigenvalue weighted by Gasteiger charge is -2.34. The Hall–Kier alpha value is -1.98. The van der Waals surface area contributed by atoms with Crippen molar-refractivity contribution in [3.8, 4) is 0 Å². The molecule has 0 bridgehead atoms. The van der Waals surface area contributed by atoms with Crippen molar-refractivity contribution in [2.75, 3.05) is 26.3 Å². The van der Waals surface area contributed by atoms with Gasteiger partial charge in [0.2, 0.25) is 5.91 Å². The second kappa shape index (κ2) is 7.06. The van der Waals surface area contributed by atoms with E-state index in [9.17, 15) is 4.79 Å². The Bertz CT molecular complexity index is 676. The molecule has 23 heavy (non-hydrogen) atoms. The summed E-state index contributed by atoms with van der Waals surface area (Å²) >= 11 is 0.